The second-order valence-electron chi connectivity index (χ2n) is 3.33. The molecule has 1 saturated heterocycles. The number of carbonyl (C=O) groups is 1. The van der Waals surface area contributed by atoms with Crippen LogP contribution in [0.25, 0.3) is 0 Å². The van der Waals surface area contributed by atoms with Gasteiger partial charge in [-0.3, -0.25) is 4.79 Å². The lowest BCUT2D eigenvalue weighted by atomic mass is 10.0. The highest BCUT2D eigenvalue weighted by atomic mass is 16.5. The average molecular weight is 179 g/mol. The van der Waals surface area contributed by atoms with Crippen LogP contribution in [0.2, 0.25) is 0 Å². The van der Waals surface area contributed by atoms with E-state index in [-0.39, 0.29) is 11.9 Å². The lowest BCUT2D eigenvalue weighted by molar-refractivity contribution is -0.143. The molecular formula is C10H13NO2. The first-order valence-corrected chi connectivity index (χ1v) is 4.52. The lowest BCUT2D eigenvalue weighted by Crippen LogP contribution is -2.23. The number of esters is 1. The summed E-state index contributed by atoms with van der Waals surface area (Å²) in [4.78, 5) is 13.6. The van der Waals surface area contributed by atoms with Crippen LogP contribution in [0.15, 0.2) is 23.9 Å². The molecule has 0 aromatic heterocycles. The maximum Gasteiger partial charge on any atom is 0.314 e. The SMILES string of the molecule is COC(=O)C1CCN2CC=CC=C12. The molecule has 0 spiro atoms. The number of rotatable bonds is 1. The van der Waals surface area contributed by atoms with Crippen molar-refractivity contribution < 1.29 is 9.53 Å². The molecule has 2 aliphatic heterocycles. The Morgan fingerprint density at radius 3 is 3.31 bits per heavy atom. The summed E-state index contributed by atoms with van der Waals surface area (Å²) in [6, 6.07) is 0. The number of ether oxygens (including phenoxy) is 1. The zero-order valence-corrected chi connectivity index (χ0v) is 7.69. The van der Waals surface area contributed by atoms with Crippen LogP contribution in [-0.2, 0) is 9.53 Å². The molecule has 70 valence electrons. The molecule has 2 aliphatic rings. The van der Waals surface area contributed by atoms with E-state index in [0.29, 0.717) is 0 Å². The Hall–Kier alpha value is -1.25. The van der Waals surface area contributed by atoms with Gasteiger partial charge in [-0.15, -0.1) is 0 Å². The molecule has 2 heterocycles. The van der Waals surface area contributed by atoms with E-state index >= 15 is 0 Å². The number of carbonyl (C=O) groups excluding carboxylic acids is 1. The van der Waals surface area contributed by atoms with Gasteiger partial charge < -0.3 is 9.64 Å². The summed E-state index contributed by atoms with van der Waals surface area (Å²) in [5, 5.41) is 0. The van der Waals surface area contributed by atoms with Gasteiger partial charge in [0.05, 0.1) is 13.0 Å². The molecule has 0 saturated carbocycles. The van der Waals surface area contributed by atoms with Gasteiger partial charge in [0.25, 0.3) is 0 Å². The maximum absolute atomic E-state index is 11.4. The van der Waals surface area contributed by atoms with Gasteiger partial charge in [0.15, 0.2) is 0 Å². The third kappa shape index (κ3) is 1.34. The highest BCUT2D eigenvalue weighted by molar-refractivity contribution is 5.76. The molecular weight excluding hydrogens is 166 g/mol. The van der Waals surface area contributed by atoms with Crippen LogP contribution in [-0.4, -0.2) is 31.1 Å². The Labute approximate surface area is 77.7 Å². The van der Waals surface area contributed by atoms with Crippen molar-refractivity contribution in [2.24, 2.45) is 5.92 Å². The minimum absolute atomic E-state index is 0.0325. The van der Waals surface area contributed by atoms with Crippen LogP contribution in [0.3, 0.4) is 0 Å². The fourth-order valence-corrected chi connectivity index (χ4v) is 1.94. The van der Waals surface area contributed by atoms with E-state index < -0.39 is 0 Å². The van der Waals surface area contributed by atoms with Crippen LogP contribution in [0.4, 0.5) is 0 Å². The third-order valence-electron chi connectivity index (χ3n) is 2.62. The van der Waals surface area contributed by atoms with Crippen molar-refractivity contribution >= 4 is 5.97 Å². The number of allylic oxidation sites excluding steroid dienone is 2. The van der Waals surface area contributed by atoms with Crippen molar-refractivity contribution in [3.8, 4) is 0 Å². The number of hydrogen-bond donors (Lipinski definition) is 0. The molecule has 1 unspecified atom stereocenters. The highest BCUT2D eigenvalue weighted by Crippen LogP contribution is 2.30. The molecule has 0 amide bonds. The quantitative estimate of drug-likeness (QED) is 0.561. The van der Waals surface area contributed by atoms with Crippen LogP contribution in [0.5, 0.6) is 0 Å². The van der Waals surface area contributed by atoms with E-state index in [2.05, 4.69) is 11.0 Å². The summed E-state index contributed by atoms with van der Waals surface area (Å²) in [5.74, 6) is -0.140. The minimum atomic E-state index is -0.107. The van der Waals surface area contributed by atoms with Crippen LogP contribution < -0.4 is 0 Å². The maximum atomic E-state index is 11.4. The Kier molecular flexibility index (Phi) is 2.08. The molecule has 0 aromatic carbocycles. The van der Waals surface area contributed by atoms with Crippen LogP contribution >= 0.6 is 0 Å². The smallest absolute Gasteiger partial charge is 0.314 e. The number of methoxy groups -OCH3 is 1. The van der Waals surface area contributed by atoms with Gasteiger partial charge in [-0.2, -0.15) is 0 Å². The summed E-state index contributed by atoms with van der Waals surface area (Å²) in [5.41, 5.74) is 1.12. The van der Waals surface area contributed by atoms with Gasteiger partial charge in [0, 0.05) is 18.8 Å². The Bertz CT molecular complexity index is 281. The highest BCUT2D eigenvalue weighted by Gasteiger charge is 2.33. The topological polar surface area (TPSA) is 29.5 Å². The Morgan fingerprint density at radius 1 is 1.69 bits per heavy atom. The van der Waals surface area contributed by atoms with Gasteiger partial charge in [0.1, 0.15) is 0 Å². The van der Waals surface area contributed by atoms with Gasteiger partial charge in [0.2, 0.25) is 0 Å². The Morgan fingerprint density at radius 2 is 2.54 bits per heavy atom. The summed E-state index contributed by atoms with van der Waals surface area (Å²) >= 11 is 0. The van der Waals surface area contributed by atoms with Gasteiger partial charge >= 0.3 is 5.97 Å². The molecule has 2 rings (SSSR count). The molecule has 3 nitrogen and oxygen atoms in total. The predicted molar refractivity (Wildman–Crippen MR) is 48.9 cm³/mol. The van der Waals surface area contributed by atoms with E-state index in [9.17, 15) is 4.79 Å². The van der Waals surface area contributed by atoms with Crippen molar-refractivity contribution in [2.75, 3.05) is 20.2 Å². The summed E-state index contributed by atoms with van der Waals surface area (Å²) < 4.78 is 4.75. The van der Waals surface area contributed by atoms with Crippen LogP contribution in [0, 0.1) is 5.92 Å². The summed E-state index contributed by atoms with van der Waals surface area (Å²) in [6.07, 6.45) is 7.01. The first-order valence-electron chi connectivity index (χ1n) is 4.52. The standard InChI is InChI=1S/C10H13NO2/c1-13-10(12)8-5-7-11-6-3-2-4-9(8)11/h2-4,8H,5-7H2,1H3. The van der Waals surface area contributed by atoms with E-state index in [1.165, 1.54) is 7.11 Å². The Balaban J connectivity index is 2.19. The molecule has 0 bridgehead atoms. The van der Waals surface area contributed by atoms with E-state index in [1.54, 1.807) is 0 Å². The van der Waals surface area contributed by atoms with E-state index in [4.69, 9.17) is 4.74 Å². The first kappa shape index (κ1) is 8.35. The molecule has 1 atom stereocenters. The third-order valence-corrected chi connectivity index (χ3v) is 2.62. The zero-order valence-electron chi connectivity index (χ0n) is 7.69. The lowest BCUT2D eigenvalue weighted by Gasteiger charge is -2.22. The zero-order chi connectivity index (χ0) is 9.26. The van der Waals surface area contributed by atoms with Gasteiger partial charge in [-0.1, -0.05) is 12.2 Å². The second-order valence-corrected chi connectivity index (χ2v) is 3.33. The monoisotopic (exact) mass is 179 g/mol. The molecule has 0 aliphatic carbocycles. The molecule has 1 fully saturated rings. The normalized spacial score (nSPS) is 25.5. The fraction of sp³-hybridized carbons (Fsp3) is 0.500. The van der Waals surface area contributed by atoms with Crippen molar-refractivity contribution in [3.63, 3.8) is 0 Å². The van der Waals surface area contributed by atoms with Gasteiger partial charge in [-0.25, -0.2) is 0 Å². The van der Waals surface area contributed by atoms with Crippen molar-refractivity contribution in [2.45, 2.75) is 6.42 Å². The molecule has 0 N–H and O–H groups in total. The molecule has 0 radical (unpaired) electrons. The molecule has 0 aromatic rings. The second kappa shape index (κ2) is 3.24. The summed E-state index contributed by atoms with van der Waals surface area (Å²) in [6.45, 7) is 1.90. The minimum Gasteiger partial charge on any atom is -0.469 e. The largest absolute Gasteiger partial charge is 0.469 e. The predicted octanol–water partition coefficient (Wildman–Crippen LogP) is 0.935. The number of fused-ring (bicyclic) bond motifs is 1. The summed E-state index contributed by atoms with van der Waals surface area (Å²) in [7, 11) is 1.45. The first-order chi connectivity index (χ1) is 6.33. The van der Waals surface area contributed by atoms with Crippen molar-refractivity contribution in [1.82, 2.24) is 4.90 Å². The molecule has 13 heavy (non-hydrogen) atoms. The van der Waals surface area contributed by atoms with Gasteiger partial charge in [-0.05, 0) is 12.5 Å². The number of hydrogen-bond acceptors (Lipinski definition) is 3. The average Bonchev–Trinajstić information content (AvgIpc) is 2.60. The van der Waals surface area contributed by atoms with Crippen molar-refractivity contribution in [1.29, 1.82) is 0 Å². The van der Waals surface area contributed by atoms with Crippen LogP contribution in [0.1, 0.15) is 6.42 Å². The van der Waals surface area contributed by atoms with Crippen molar-refractivity contribution in [3.05, 3.63) is 23.9 Å². The van der Waals surface area contributed by atoms with E-state index in [0.717, 1.165) is 25.2 Å². The number of nitrogens with zero attached hydrogens (tertiary/aromatic N) is 1. The fourth-order valence-electron chi connectivity index (χ4n) is 1.94. The molecule has 3 heteroatoms. The van der Waals surface area contributed by atoms with E-state index in [1.807, 2.05) is 12.2 Å².